The van der Waals surface area contributed by atoms with Gasteiger partial charge in [0.15, 0.2) is 9.84 Å². The van der Waals surface area contributed by atoms with Gasteiger partial charge in [0.1, 0.15) is 6.04 Å². The van der Waals surface area contributed by atoms with E-state index in [4.69, 9.17) is 0 Å². The maximum absolute atomic E-state index is 13.5. The van der Waals surface area contributed by atoms with Gasteiger partial charge in [-0.25, -0.2) is 8.42 Å². The number of hydrogen-bond acceptors (Lipinski definition) is 5. The van der Waals surface area contributed by atoms with Crippen LogP contribution in [0.2, 0.25) is 0 Å². The first-order chi connectivity index (χ1) is 19.0. The Morgan fingerprint density at radius 2 is 1.68 bits per heavy atom. The predicted octanol–water partition coefficient (Wildman–Crippen LogP) is 4.14. The van der Waals surface area contributed by atoms with E-state index in [2.05, 4.69) is 10.2 Å². The molecule has 2 heterocycles. The summed E-state index contributed by atoms with van der Waals surface area (Å²) in [6, 6.07) is 11.6. The van der Waals surface area contributed by atoms with Crippen LogP contribution in [0, 0.1) is 5.92 Å². The Hall–Kier alpha value is -2.92. The van der Waals surface area contributed by atoms with Crippen LogP contribution in [0.3, 0.4) is 0 Å². The van der Waals surface area contributed by atoms with Crippen LogP contribution in [0.15, 0.2) is 59.5 Å². The quantitative estimate of drug-likeness (QED) is 0.535. The van der Waals surface area contributed by atoms with Crippen LogP contribution < -0.4 is 5.32 Å². The summed E-state index contributed by atoms with van der Waals surface area (Å²) in [6.07, 6.45) is 0.179. The van der Waals surface area contributed by atoms with Crippen LogP contribution in [-0.4, -0.2) is 73.5 Å². The van der Waals surface area contributed by atoms with E-state index in [9.17, 15) is 31.2 Å². The molecular formula is C29H34F3N3O4S. The minimum absolute atomic E-state index is 0.0724. The second-order valence-electron chi connectivity index (χ2n) is 11.1. The zero-order valence-electron chi connectivity index (χ0n) is 22.1. The molecule has 0 aromatic heterocycles. The maximum atomic E-state index is 13.5. The number of sulfone groups is 1. The van der Waals surface area contributed by atoms with Crippen molar-refractivity contribution in [2.24, 2.45) is 5.92 Å². The fraction of sp³-hybridized carbons (Fsp3) is 0.517. The molecule has 0 bridgehead atoms. The van der Waals surface area contributed by atoms with E-state index in [1.165, 1.54) is 6.07 Å². The third-order valence-electron chi connectivity index (χ3n) is 8.51. The lowest BCUT2D eigenvalue weighted by molar-refractivity contribution is -0.137. The van der Waals surface area contributed by atoms with Crippen molar-refractivity contribution in [3.05, 3.63) is 65.7 Å². The molecular weight excluding hydrogens is 543 g/mol. The van der Waals surface area contributed by atoms with E-state index in [1.807, 2.05) is 0 Å². The first-order valence-electron chi connectivity index (χ1n) is 13.8. The van der Waals surface area contributed by atoms with Crippen molar-refractivity contribution in [1.29, 1.82) is 0 Å². The summed E-state index contributed by atoms with van der Waals surface area (Å²) >= 11 is 0. The molecule has 1 saturated carbocycles. The smallest absolute Gasteiger partial charge is 0.340 e. The topological polar surface area (TPSA) is 86.8 Å². The highest BCUT2D eigenvalue weighted by Gasteiger charge is 2.44. The lowest BCUT2D eigenvalue weighted by Gasteiger charge is -2.43. The van der Waals surface area contributed by atoms with Gasteiger partial charge in [0.25, 0.3) is 5.91 Å². The van der Waals surface area contributed by atoms with E-state index < -0.39 is 33.5 Å². The second-order valence-corrected chi connectivity index (χ2v) is 13.1. The molecule has 2 amide bonds. The van der Waals surface area contributed by atoms with E-state index in [-0.39, 0.29) is 40.1 Å². The molecule has 1 N–H and O–H groups in total. The van der Waals surface area contributed by atoms with Crippen molar-refractivity contribution in [3.63, 3.8) is 0 Å². The van der Waals surface area contributed by atoms with E-state index in [1.54, 1.807) is 35.2 Å². The standard InChI is InChI=1S/C29H34F3N3O4S/c30-29(31,32)22-8-6-7-20(17-22)27(36)33-25-13-16-35(28(25)37)26-12-11-23(34-14-4-5-15-34)18-21(26)19-40(38,39)24-9-2-1-3-10-24/h1-3,6-10,17,21,23,25-26H,4-5,11-16,18-19H2,(H,33,36)/t21-,23+,25-,26-/m0/s1. The Kier molecular flexibility index (Phi) is 8.24. The van der Waals surface area contributed by atoms with Crippen LogP contribution in [0.1, 0.15) is 54.4 Å². The van der Waals surface area contributed by atoms with Crippen molar-refractivity contribution in [2.45, 2.75) is 67.7 Å². The van der Waals surface area contributed by atoms with E-state index in [0.717, 1.165) is 50.6 Å². The molecule has 5 rings (SSSR count). The van der Waals surface area contributed by atoms with Crippen molar-refractivity contribution in [2.75, 3.05) is 25.4 Å². The second kappa shape index (κ2) is 11.5. The molecule has 0 radical (unpaired) electrons. The van der Waals surface area contributed by atoms with Crippen LogP contribution in [0.25, 0.3) is 0 Å². The molecule has 0 unspecified atom stereocenters. The number of amides is 2. The fourth-order valence-corrected chi connectivity index (χ4v) is 8.19. The van der Waals surface area contributed by atoms with Crippen LogP contribution in [0.4, 0.5) is 13.2 Å². The minimum atomic E-state index is -4.58. The first-order valence-corrected chi connectivity index (χ1v) is 15.5. The molecule has 2 aliphatic heterocycles. The molecule has 2 aromatic rings. The number of benzene rings is 2. The zero-order valence-corrected chi connectivity index (χ0v) is 23.0. The summed E-state index contributed by atoms with van der Waals surface area (Å²) in [7, 11) is -3.59. The summed E-state index contributed by atoms with van der Waals surface area (Å²) in [5.41, 5.74) is -1.10. The molecule has 11 heteroatoms. The number of alkyl halides is 3. The molecule has 216 valence electrons. The van der Waals surface area contributed by atoms with Gasteiger partial charge >= 0.3 is 6.18 Å². The zero-order chi connectivity index (χ0) is 28.5. The van der Waals surface area contributed by atoms with Crippen molar-refractivity contribution in [1.82, 2.24) is 15.1 Å². The molecule has 1 aliphatic carbocycles. The maximum Gasteiger partial charge on any atom is 0.416 e. The van der Waals surface area contributed by atoms with Gasteiger partial charge in [0, 0.05) is 24.2 Å². The van der Waals surface area contributed by atoms with Gasteiger partial charge in [-0.1, -0.05) is 24.3 Å². The Bertz CT molecular complexity index is 1330. The minimum Gasteiger partial charge on any atom is -0.340 e. The van der Waals surface area contributed by atoms with E-state index in [0.29, 0.717) is 25.8 Å². The molecule has 4 atom stereocenters. The normalized spacial score (nSPS) is 26.3. The first kappa shape index (κ1) is 28.6. The Balaban J connectivity index is 1.31. The van der Waals surface area contributed by atoms with Gasteiger partial charge in [-0.15, -0.1) is 0 Å². The van der Waals surface area contributed by atoms with Crippen LogP contribution in [-0.2, 0) is 20.8 Å². The number of carbonyl (C=O) groups excluding carboxylic acids is 2. The highest BCUT2D eigenvalue weighted by atomic mass is 32.2. The van der Waals surface area contributed by atoms with Gasteiger partial charge in [-0.2, -0.15) is 13.2 Å². The van der Waals surface area contributed by atoms with Crippen LogP contribution in [0.5, 0.6) is 0 Å². The highest BCUT2D eigenvalue weighted by Crippen LogP contribution is 2.36. The van der Waals surface area contributed by atoms with Gasteiger partial charge in [-0.05, 0) is 87.9 Å². The molecule has 0 spiro atoms. The number of nitrogens with one attached hydrogen (secondary N) is 1. The molecule has 7 nitrogen and oxygen atoms in total. The average Bonchev–Trinajstić information content (AvgIpc) is 3.59. The van der Waals surface area contributed by atoms with Gasteiger partial charge < -0.3 is 15.1 Å². The third-order valence-corrected chi connectivity index (χ3v) is 10.4. The number of rotatable bonds is 7. The van der Waals surface area contributed by atoms with Crippen molar-refractivity contribution >= 4 is 21.7 Å². The monoisotopic (exact) mass is 577 g/mol. The number of nitrogens with zero attached hydrogens (tertiary/aromatic N) is 2. The van der Waals surface area contributed by atoms with Crippen LogP contribution >= 0.6 is 0 Å². The van der Waals surface area contributed by atoms with E-state index >= 15 is 0 Å². The molecule has 3 fully saturated rings. The summed E-state index contributed by atoms with van der Waals surface area (Å²) < 4.78 is 66.1. The fourth-order valence-electron chi connectivity index (χ4n) is 6.50. The van der Waals surface area contributed by atoms with Gasteiger partial charge in [0.2, 0.25) is 5.91 Å². The largest absolute Gasteiger partial charge is 0.416 e. The average molecular weight is 578 g/mol. The highest BCUT2D eigenvalue weighted by molar-refractivity contribution is 7.91. The predicted molar refractivity (Wildman–Crippen MR) is 143 cm³/mol. The Morgan fingerprint density at radius 3 is 2.38 bits per heavy atom. The van der Waals surface area contributed by atoms with Crippen molar-refractivity contribution in [3.8, 4) is 0 Å². The molecule has 40 heavy (non-hydrogen) atoms. The van der Waals surface area contributed by atoms with Gasteiger partial charge in [-0.3, -0.25) is 9.59 Å². The number of carbonyl (C=O) groups is 2. The summed E-state index contributed by atoms with van der Waals surface area (Å²) in [4.78, 5) is 30.7. The summed E-state index contributed by atoms with van der Waals surface area (Å²) in [5, 5.41) is 2.61. The SMILES string of the molecule is O=C(N[C@H]1CCN([C@H]2CC[C@@H](N3CCCC3)C[C@H]2CS(=O)(=O)c2ccccc2)C1=O)c1cccc(C(F)(F)F)c1. The number of hydrogen-bond donors (Lipinski definition) is 1. The Labute approximate surface area is 232 Å². The summed E-state index contributed by atoms with van der Waals surface area (Å²) in [5.74, 6) is -1.40. The number of halogens is 3. The molecule has 3 aliphatic rings. The lowest BCUT2D eigenvalue weighted by Crippen LogP contribution is -2.52. The Morgan fingerprint density at radius 1 is 0.950 bits per heavy atom. The third kappa shape index (κ3) is 6.20. The lowest BCUT2D eigenvalue weighted by atomic mass is 9.81. The molecule has 2 saturated heterocycles. The van der Waals surface area contributed by atoms with Crippen molar-refractivity contribution < 1.29 is 31.2 Å². The molecule has 2 aromatic carbocycles. The number of likely N-dealkylation sites (tertiary alicyclic amines) is 2. The van der Waals surface area contributed by atoms with Gasteiger partial charge in [0.05, 0.1) is 16.2 Å². The summed E-state index contributed by atoms with van der Waals surface area (Å²) in [6.45, 7) is 2.35.